The van der Waals surface area contributed by atoms with Crippen LogP contribution in [0.4, 0.5) is 5.82 Å². The lowest BCUT2D eigenvalue weighted by molar-refractivity contribution is 0.471. The summed E-state index contributed by atoms with van der Waals surface area (Å²) in [5, 5.41) is 0. The summed E-state index contributed by atoms with van der Waals surface area (Å²) in [7, 11) is 2.11. The van der Waals surface area contributed by atoms with Crippen molar-refractivity contribution in [1.82, 2.24) is 9.97 Å². The summed E-state index contributed by atoms with van der Waals surface area (Å²) in [6, 6.07) is 0.528. The summed E-state index contributed by atoms with van der Waals surface area (Å²) in [5.41, 5.74) is 6.81. The molecule has 1 aliphatic rings. The van der Waals surface area contributed by atoms with Crippen LogP contribution in [0, 0.1) is 12.8 Å². The number of hydrogen-bond donors (Lipinski definition) is 1. The Morgan fingerprint density at radius 3 is 2.81 bits per heavy atom. The van der Waals surface area contributed by atoms with Crippen molar-refractivity contribution >= 4 is 5.82 Å². The number of nitrogens with two attached hydrogens (primary N) is 1. The lowest BCUT2D eigenvalue weighted by atomic mass is 10.0. The molecule has 1 aromatic rings. The van der Waals surface area contributed by atoms with Crippen molar-refractivity contribution in [3.8, 4) is 0 Å². The molecule has 1 saturated carbocycles. The number of rotatable bonds is 3. The van der Waals surface area contributed by atoms with Gasteiger partial charge in [0.2, 0.25) is 0 Å². The van der Waals surface area contributed by atoms with E-state index in [1.54, 1.807) is 12.4 Å². The first-order chi connectivity index (χ1) is 7.74. The molecule has 4 heteroatoms. The van der Waals surface area contributed by atoms with E-state index in [-0.39, 0.29) is 0 Å². The molecule has 0 aromatic carbocycles. The molecule has 2 unspecified atom stereocenters. The number of aryl methyl sites for hydroxylation is 1. The van der Waals surface area contributed by atoms with E-state index < -0.39 is 0 Å². The van der Waals surface area contributed by atoms with Crippen molar-refractivity contribution in [2.24, 2.45) is 11.7 Å². The van der Waals surface area contributed by atoms with Crippen molar-refractivity contribution in [3.05, 3.63) is 18.1 Å². The third-order valence-corrected chi connectivity index (χ3v) is 3.61. The Labute approximate surface area is 96.9 Å². The van der Waals surface area contributed by atoms with Crippen LogP contribution in [0.2, 0.25) is 0 Å². The molecule has 4 nitrogen and oxygen atoms in total. The average Bonchev–Trinajstić information content (AvgIpc) is 2.77. The Bertz CT molecular complexity index is 353. The van der Waals surface area contributed by atoms with Crippen LogP contribution in [0.1, 0.15) is 25.0 Å². The minimum Gasteiger partial charge on any atom is -0.355 e. The summed E-state index contributed by atoms with van der Waals surface area (Å²) in [5.74, 6) is 1.60. The zero-order valence-corrected chi connectivity index (χ0v) is 10.1. The first-order valence-electron chi connectivity index (χ1n) is 5.94. The van der Waals surface area contributed by atoms with E-state index in [0.29, 0.717) is 12.0 Å². The van der Waals surface area contributed by atoms with Crippen LogP contribution in [-0.4, -0.2) is 29.6 Å². The first kappa shape index (κ1) is 11.3. The van der Waals surface area contributed by atoms with Gasteiger partial charge in [-0.1, -0.05) is 6.42 Å². The molecule has 1 aliphatic carbocycles. The quantitative estimate of drug-likeness (QED) is 0.835. The molecular weight excluding hydrogens is 200 g/mol. The fourth-order valence-corrected chi connectivity index (χ4v) is 2.71. The fraction of sp³-hybridized carbons (Fsp3) is 0.667. The van der Waals surface area contributed by atoms with E-state index in [1.807, 2.05) is 6.92 Å². The van der Waals surface area contributed by atoms with Gasteiger partial charge in [-0.25, -0.2) is 4.98 Å². The van der Waals surface area contributed by atoms with Crippen LogP contribution in [0.25, 0.3) is 0 Å². The van der Waals surface area contributed by atoms with Gasteiger partial charge in [0, 0.05) is 25.5 Å². The molecule has 0 saturated heterocycles. The summed E-state index contributed by atoms with van der Waals surface area (Å²) in [6.07, 6.45) is 7.22. The molecule has 2 atom stereocenters. The van der Waals surface area contributed by atoms with Gasteiger partial charge in [0.05, 0.1) is 5.69 Å². The Morgan fingerprint density at radius 2 is 2.12 bits per heavy atom. The second-order valence-corrected chi connectivity index (χ2v) is 4.57. The number of nitrogens with zero attached hydrogens (tertiary/aromatic N) is 3. The first-order valence-corrected chi connectivity index (χ1v) is 5.94. The minimum atomic E-state index is 0.528. The minimum absolute atomic E-state index is 0.528. The highest BCUT2D eigenvalue weighted by Crippen LogP contribution is 2.31. The van der Waals surface area contributed by atoms with Crippen molar-refractivity contribution in [2.75, 3.05) is 18.5 Å². The fourth-order valence-electron chi connectivity index (χ4n) is 2.71. The summed E-state index contributed by atoms with van der Waals surface area (Å²) >= 11 is 0. The van der Waals surface area contributed by atoms with Crippen LogP contribution < -0.4 is 10.6 Å². The third-order valence-electron chi connectivity index (χ3n) is 3.61. The third kappa shape index (κ3) is 2.02. The lowest BCUT2D eigenvalue weighted by Gasteiger charge is -2.30. The maximum Gasteiger partial charge on any atom is 0.150 e. The molecule has 2 N–H and O–H groups in total. The predicted octanol–water partition coefficient (Wildman–Crippen LogP) is 1.35. The second-order valence-electron chi connectivity index (χ2n) is 4.57. The highest BCUT2D eigenvalue weighted by molar-refractivity contribution is 5.42. The Morgan fingerprint density at radius 1 is 1.38 bits per heavy atom. The van der Waals surface area contributed by atoms with Crippen LogP contribution >= 0.6 is 0 Å². The summed E-state index contributed by atoms with van der Waals surface area (Å²) in [4.78, 5) is 11.0. The number of aromatic nitrogens is 2. The van der Waals surface area contributed by atoms with E-state index in [0.717, 1.165) is 18.1 Å². The van der Waals surface area contributed by atoms with Crippen LogP contribution in [0.15, 0.2) is 12.4 Å². The van der Waals surface area contributed by atoms with Gasteiger partial charge in [-0.05, 0) is 32.2 Å². The average molecular weight is 220 g/mol. The molecule has 1 aromatic heterocycles. The molecule has 1 heterocycles. The van der Waals surface area contributed by atoms with Gasteiger partial charge in [-0.2, -0.15) is 0 Å². The monoisotopic (exact) mass is 220 g/mol. The summed E-state index contributed by atoms with van der Waals surface area (Å²) in [6.45, 7) is 2.78. The van der Waals surface area contributed by atoms with Crippen molar-refractivity contribution in [3.63, 3.8) is 0 Å². The Hall–Kier alpha value is -1.16. The van der Waals surface area contributed by atoms with Gasteiger partial charge in [-0.15, -0.1) is 0 Å². The lowest BCUT2D eigenvalue weighted by Crippen LogP contribution is -2.38. The number of anilines is 1. The second kappa shape index (κ2) is 4.78. The van der Waals surface area contributed by atoms with Gasteiger partial charge >= 0.3 is 0 Å². The standard InChI is InChI=1S/C12H20N4/c1-9-12(15-7-6-14-9)16(2)11-5-3-4-10(11)8-13/h6-7,10-11H,3-5,8,13H2,1-2H3. The molecule has 0 bridgehead atoms. The zero-order valence-electron chi connectivity index (χ0n) is 10.1. The molecule has 16 heavy (non-hydrogen) atoms. The van der Waals surface area contributed by atoms with E-state index in [9.17, 15) is 0 Å². The topological polar surface area (TPSA) is 55.0 Å². The van der Waals surface area contributed by atoms with E-state index in [4.69, 9.17) is 5.73 Å². The van der Waals surface area contributed by atoms with Gasteiger partial charge in [0.25, 0.3) is 0 Å². The molecule has 0 radical (unpaired) electrons. The number of hydrogen-bond acceptors (Lipinski definition) is 4. The highest BCUT2D eigenvalue weighted by atomic mass is 15.2. The van der Waals surface area contributed by atoms with Crippen LogP contribution in [-0.2, 0) is 0 Å². The van der Waals surface area contributed by atoms with E-state index in [1.165, 1.54) is 19.3 Å². The van der Waals surface area contributed by atoms with Gasteiger partial charge in [-0.3, -0.25) is 4.98 Å². The van der Waals surface area contributed by atoms with Crippen LogP contribution in [0.5, 0.6) is 0 Å². The molecule has 88 valence electrons. The van der Waals surface area contributed by atoms with Crippen molar-refractivity contribution < 1.29 is 0 Å². The van der Waals surface area contributed by atoms with Crippen molar-refractivity contribution in [1.29, 1.82) is 0 Å². The molecule has 0 amide bonds. The van der Waals surface area contributed by atoms with E-state index >= 15 is 0 Å². The summed E-state index contributed by atoms with van der Waals surface area (Å²) < 4.78 is 0. The zero-order chi connectivity index (χ0) is 11.5. The molecule has 0 aliphatic heterocycles. The Balaban J connectivity index is 2.18. The maximum absolute atomic E-state index is 5.82. The molecule has 2 rings (SSSR count). The predicted molar refractivity (Wildman–Crippen MR) is 65.4 cm³/mol. The molecule has 0 spiro atoms. The van der Waals surface area contributed by atoms with Gasteiger partial charge in [0.1, 0.15) is 5.82 Å². The molecule has 1 fully saturated rings. The highest BCUT2D eigenvalue weighted by Gasteiger charge is 2.30. The maximum atomic E-state index is 5.82. The largest absolute Gasteiger partial charge is 0.355 e. The smallest absolute Gasteiger partial charge is 0.150 e. The normalized spacial score (nSPS) is 24.7. The molecular formula is C12H20N4. The van der Waals surface area contributed by atoms with Crippen LogP contribution in [0.3, 0.4) is 0 Å². The van der Waals surface area contributed by atoms with Gasteiger partial charge < -0.3 is 10.6 Å². The van der Waals surface area contributed by atoms with Gasteiger partial charge in [0.15, 0.2) is 0 Å². The van der Waals surface area contributed by atoms with E-state index in [2.05, 4.69) is 21.9 Å². The Kier molecular flexibility index (Phi) is 3.39. The van der Waals surface area contributed by atoms with Crippen molar-refractivity contribution in [2.45, 2.75) is 32.2 Å². The SMILES string of the molecule is Cc1nccnc1N(C)C1CCCC1CN.